The Kier molecular flexibility index (Phi) is 7.45. The Morgan fingerprint density at radius 3 is 2.70 bits per heavy atom. The fourth-order valence-electron chi connectivity index (χ4n) is 1.91. The third kappa shape index (κ3) is 6.73. The molecule has 1 aromatic carbocycles. The summed E-state index contributed by atoms with van der Waals surface area (Å²) >= 11 is 0. The van der Waals surface area contributed by atoms with E-state index in [9.17, 15) is 19.2 Å². The van der Waals surface area contributed by atoms with Gasteiger partial charge in [-0.2, -0.15) is 5.48 Å². The number of aldehydes is 1. The molecule has 1 unspecified atom stereocenters. The van der Waals surface area contributed by atoms with Crippen molar-refractivity contribution in [3.63, 3.8) is 0 Å². The molecule has 1 amide bonds. The highest BCUT2D eigenvalue weighted by Crippen LogP contribution is 2.14. The second-order valence-corrected chi connectivity index (χ2v) is 5.00. The van der Waals surface area contributed by atoms with Crippen LogP contribution < -0.4 is 5.48 Å². The van der Waals surface area contributed by atoms with Gasteiger partial charge < -0.3 is 14.7 Å². The Morgan fingerprint density at radius 1 is 1.35 bits per heavy atom. The summed E-state index contributed by atoms with van der Waals surface area (Å²) in [4.78, 5) is 48.9. The molecule has 0 bridgehead atoms. The second kappa shape index (κ2) is 9.34. The van der Waals surface area contributed by atoms with Crippen LogP contribution in [0.4, 0.5) is 0 Å². The molecule has 0 radical (unpaired) electrons. The molecule has 2 N–H and O–H groups in total. The molecule has 23 heavy (non-hydrogen) atoms. The first kappa shape index (κ1) is 18.3. The molecule has 0 saturated heterocycles. The van der Waals surface area contributed by atoms with Crippen LogP contribution in [0.5, 0.6) is 0 Å². The predicted octanol–water partition coefficient (Wildman–Crippen LogP) is 1.51. The number of carboxylic acid groups (broad SMARTS) is 1. The third-order valence-electron chi connectivity index (χ3n) is 3.17. The van der Waals surface area contributed by atoms with Crippen LogP contribution in [0.1, 0.15) is 42.1 Å². The van der Waals surface area contributed by atoms with Gasteiger partial charge in [-0.05, 0) is 30.5 Å². The number of benzene rings is 1. The number of hydrogen-bond acceptors (Lipinski definition) is 5. The van der Waals surface area contributed by atoms with E-state index in [1.54, 1.807) is 19.1 Å². The maximum absolute atomic E-state index is 11.5. The van der Waals surface area contributed by atoms with Gasteiger partial charge in [-0.1, -0.05) is 19.1 Å². The Morgan fingerprint density at radius 2 is 2.09 bits per heavy atom. The number of carbonyl (C=O) groups excluding carboxylic acids is 3. The van der Waals surface area contributed by atoms with E-state index in [4.69, 9.17) is 5.11 Å². The maximum Gasteiger partial charge on any atom is 0.335 e. The Hall–Kier alpha value is -2.70. The SMILES string of the molecule is CCC(=O)ONC(=O)CCC(C=O)Cc1cccc(C(=O)O)c1. The smallest absolute Gasteiger partial charge is 0.335 e. The summed E-state index contributed by atoms with van der Waals surface area (Å²) < 4.78 is 0. The maximum atomic E-state index is 11.5. The Balaban J connectivity index is 2.50. The molecule has 0 aliphatic heterocycles. The van der Waals surface area contributed by atoms with Crippen molar-refractivity contribution in [2.24, 2.45) is 5.92 Å². The van der Waals surface area contributed by atoms with E-state index in [0.717, 1.165) is 6.29 Å². The predicted molar refractivity (Wildman–Crippen MR) is 80.4 cm³/mol. The third-order valence-corrected chi connectivity index (χ3v) is 3.17. The lowest BCUT2D eigenvalue weighted by molar-refractivity contribution is -0.158. The van der Waals surface area contributed by atoms with Gasteiger partial charge in [0.25, 0.3) is 5.91 Å². The fourth-order valence-corrected chi connectivity index (χ4v) is 1.91. The minimum atomic E-state index is -1.04. The molecule has 0 heterocycles. The average molecular weight is 321 g/mol. The van der Waals surface area contributed by atoms with E-state index in [2.05, 4.69) is 4.84 Å². The molecule has 0 fully saturated rings. The van der Waals surface area contributed by atoms with Crippen molar-refractivity contribution in [1.82, 2.24) is 5.48 Å². The molecule has 0 saturated carbocycles. The summed E-state index contributed by atoms with van der Waals surface area (Å²) in [6, 6.07) is 6.31. The van der Waals surface area contributed by atoms with Crippen LogP contribution in [0.15, 0.2) is 24.3 Å². The summed E-state index contributed by atoms with van der Waals surface area (Å²) in [5.74, 6) is -2.49. The van der Waals surface area contributed by atoms with Crippen molar-refractivity contribution in [2.45, 2.75) is 32.6 Å². The van der Waals surface area contributed by atoms with Gasteiger partial charge in [0.2, 0.25) is 0 Å². The number of rotatable bonds is 8. The molecule has 7 heteroatoms. The Bertz CT molecular complexity index is 584. The van der Waals surface area contributed by atoms with Gasteiger partial charge in [0.05, 0.1) is 5.56 Å². The molecule has 7 nitrogen and oxygen atoms in total. The van der Waals surface area contributed by atoms with E-state index in [0.29, 0.717) is 12.0 Å². The number of aromatic carboxylic acids is 1. The highest BCUT2D eigenvalue weighted by molar-refractivity contribution is 5.87. The van der Waals surface area contributed by atoms with Crippen molar-refractivity contribution in [1.29, 1.82) is 0 Å². The van der Waals surface area contributed by atoms with Crippen molar-refractivity contribution in [3.05, 3.63) is 35.4 Å². The molecular weight excluding hydrogens is 302 g/mol. The highest BCUT2D eigenvalue weighted by atomic mass is 16.7. The van der Waals surface area contributed by atoms with Crippen LogP contribution in [-0.2, 0) is 25.6 Å². The number of nitrogens with one attached hydrogen (secondary N) is 1. The van der Waals surface area contributed by atoms with E-state index < -0.39 is 23.8 Å². The fraction of sp³-hybridized carbons (Fsp3) is 0.375. The van der Waals surface area contributed by atoms with Crippen LogP contribution in [0.2, 0.25) is 0 Å². The molecule has 0 aliphatic carbocycles. The van der Waals surface area contributed by atoms with Crippen molar-refractivity contribution in [2.75, 3.05) is 0 Å². The first-order chi connectivity index (χ1) is 11.0. The first-order valence-electron chi connectivity index (χ1n) is 7.22. The molecule has 1 aromatic rings. The molecule has 124 valence electrons. The molecule has 1 atom stereocenters. The summed E-state index contributed by atoms with van der Waals surface area (Å²) in [7, 11) is 0. The summed E-state index contributed by atoms with van der Waals surface area (Å²) in [5, 5.41) is 8.94. The van der Waals surface area contributed by atoms with Gasteiger partial charge in [-0.25, -0.2) is 9.59 Å². The zero-order valence-electron chi connectivity index (χ0n) is 12.8. The summed E-state index contributed by atoms with van der Waals surface area (Å²) in [6.07, 6.45) is 1.53. The first-order valence-corrected chi connectivity index (χ1v) is 7.22. The molecular formula is C16H19NO6. The van der Waals surface area contributed by atoms with Crippen LogP contribution >= 0.6 is 0 Å². The quantitative estimate of drug-likeness (QED) is 0.555. The van der Waals surface area contributed by atoms with Crippen LogP contribution in [0.25, 0.3) is 0 Å². The number of hydroxylamine groups is 1. The number of carbonyl (C=O) groups is 4. The van der Waals surface area contributed by atoms with E-state index in [1.165, 1.54) is 12.1 Å². The lowest BCUT2D eigenvalue weighted by atomic mass is 9.95. The van der Waals surface area contributed by atoms with Crippen molar-refractivity contribution in [3.8, 4) is 0 Å². The molecule has 1 rings (SSSR count). The number of carboxylic acids is 1. The van der Waals surface area contributed by atoms with E-state index in [1.807, 2.05) is 5.48 Å². The van der Waals surface area contributed by atoms with Crippen LogP contribution in [-0.4, -0.2) is 29.2 Å². The summed E-state index contributed by atoms with van der Waals surface area (Å²) in [5.41, 5.74) is 2.88. The van der Waals surface area contributed by atoms with E-state index in [-0.39, 0.29) is 24.8 Å². The highest BCUT2D eigenvalue weighted by Gasteiger charge is 2.13. The zero-order chi connectivity index (χ0) is 17.2. The van der Waals surface area contributed by atoms with Crippen LogP contribution in [0, 0.1) is 5.92 Å². The second-order valence-electron chi connectivity index (χ2n) is 5.00. The molecule has 0 aromatic heterocycles. The molecule has 0 aliphatic rings. The normalized spacial score (nSPS) is 11.3. The minimum Gasteiger partial charge on any atom is -0.478 e. The standard InChI is InChI=1S/C16H19NO6/c1-2-15(20)23-17-14(19)7-6-12(10-18)8-11-4-3-5-13(9-11)16(21)22/h3-5,9-10,12H,2,6-8H2,1H3,(H,17,19)(H,21,22). The van der Waals surface area contributed by atoms with E-state index >= 15 is 0 Å². The topological polar surface area (TPSA) is 110 Å². The number of amides is 1. The number of hydrogen-bond donors (Lipinski definition) is 2. The van der Waals surface area contributed by atoms with Gasteiger partial charge in [-0.15, -0.1) is 0 Å². The average Bonchev–Trinajstić information content (AvgIpc) is 2.56. The summed E-state index contributed by atoms with van der Waals surface area (Å²) in [6.45, 7) is 1.60. The van der Waals surface area contributed by atoms with Gasteiger partial charge in [0.1, 0.15) is 6.29 Å². The Labute approximate surface area is 133 Å². The van der Waals surface area contributed by atoms with Gasteiger partial charge in [-0.3, -0.25) is 4.79 Å². The van der Waals surface area contributed by atoms with Gasteiger partial charge in [0.15, 0.2) is 0 Å². The lowest BCUT2D eigenvalue weighted by Gasteiger charge is -2.11. The van der Waals surface area contributed by atoms with Gasteiger partial charge >= 0.3 is 11.9 Å². The zero-order valence-corrected chi connectivity index (χ0v) is 12.8. The lowest BCUT2D eigenvalue weighted by Crippen LogP contribution is -2.27. The largest absolute Gasteiger partial charge is 0.478 e. The molecule has 0 spiro atoms. The van der Waals surface area contributed by atoms with Crippen molar-refractivity contribution < 1.29 is 29.1 Å². The van der Waals surface area contributed by atoms with Crippen molar-refractivity contribution >= 4 is 24.1 Å². The monoisotopic (exact) mass is 321 g/mol. The van der Waals surface area contributed by atoms with Gasteiger partial charge in [0, 0.05) is 18.8 Å². The van der Waals surface area contributed by atoms with Crippen LogP contribution in [0.3, 0.4) is 0 Å². The minimum absolute atomic E-state index is 0.0268.